The predicted octanol–water partition coefficient (Wildman–Crippen LogP) is 0.00904. The smallest absolute Gasteiger partial charge is 0.255 e. The predicted molar refractivity (Wildman–Crippen MR) is 41.1 cm³/mol. The van der Waals surface area contributed by atoms with Gasteiger partial charge in [-0.3, -0.25) is 9.59 Å². The van der Waals surface area contributed by atoms with Gasteiger partial charge in [-0.1, -0.05) is 0 Å². The molecule has 0 atom stereocenters. The fourth-order valence-electron chi connectivity index (χ4n) is 0.796. The van der Waals surface area contributed by atoms with Crippen molar-refractivity contribution in [3.63, 3.8) is 0 Å². The highest BCUT2D eigenvalue weighted by Crippen LogP contribution is 2.03. The lowest BCUT2D eigenvalue weighted by atomic mass is 10.3. The summed E-state index contributed by atoms with van der Waals surface area (Å²) in [5.41, 5.74) is 1.08. The van der Waals surface area contributed by atoms with Crippen molar-refractivity contribution in [1.82, 2.24) is 9.97 Å². The van der Waals surface area contributed by atoms with Crippen LogP contribution >= 0.6 is 0 Å². The highest BCUT2D eigenvalue weighted by molar-refractivity contribution is 5.77. The Labute approximate surface area is 69.7 Å². The van der Waals surface area contributed by atoms with Gasteiger partial charge in [-0.2, -0.15) is 0 Å². The molecule has 0 saturated carbocycles. The van der Waals surface area contributed by atoms with Crippen LogP contribution in [0.2, 0.25) is 0 Å². The first-order valence-corrected chi connectivity index (χ1v) is 3.30. The highest BCUT2D eigenvalue weighted by Gasteiger charge is 2.06. The quantitative estimate of drug-likeness (QED) is 0.614. The fourth-order valence-corrected chi connectivity index (χ4v) is 0.796. The average molecular weight is 162 g/mol. The van der Waals surface area contributed by atoms with Gasteiger partial charge in [-0.05, 0) is 13.8 Å². The van der Waals surface area contributed by atoms with E-state index in [2.05, 4.69) is 9.97 Å². The molecule has 0 N–H and O–H groups in total. The summed E-state index contributed by atoms with van der Waals surface area (Å²) >= 11 is 0. The van der Waals surface area contributed by atoms with Crippen molar-refractivity contribution in [1.29, 1.82) is 0 Å². The molecular weight excluding hydrogens is 156 g/mol. The van der Waals surface area contributed by atoms with Crippen molar-refractivity contribution >= 4 is 12.6 Å². The van der Waals surface area contributed by atoms with Crippen LogP contribution in [0, 0.1) is 13.8 Å². The average Bonchev–Trinajstić information content (AvgIpc) is 2.08. The normalized spacial score (nSPS) is 9.50. The Balaban J connectivity index is 3.34. The third-order valence-electron chi connectivity index (χ3n) is 1.44. The SMILES string of the molecule is Cc1nc([C]=O)c(C)nc1[C]=O. The molecule has 1 heterocycles. The van der Waals surface area contributed by atoms with E-state index in [4.69, 9.17) is 0 Å². The largest absolute Gasteiger partial charge is 0.283 e. The zero-order valence-corrected chi connectivity index (χ0v) is 6.71. The molecule has 0 aliphatic rings. The first-order valence-electron chi connectivity index (χ1n) is 3.30. The summed E-state index contributed by atoms with van der Waals surface area (Å²) in [4.78, 5) is 28.1. The third kappa shape index (κ3) is 1.37. The lowest BCUT2D eigenvalue weighted by molar-refractivity contribution is 0.558. The van der Waals surface area contributed by atoms with Crippen molar-refractivity contribution in [3.05, 3.63) is 22.8 Å². The van der Waals surface area contributed by atoms with Crippen LogP contribution < -0.4 is 0 Å². The summed E-state index contributed by atoms with van der Waals surface area (Å²) in [5, 5.41) is 0. The molecule has 0 aromatic carbocycles. The van der Waals surface area contributed by atoms with E-state index in [0.29, 0.717) is 11.4 Å². The number of aryl methyl sites for hydroxylation is 2. The Bertz CT molecular complexity index is 300. The molecule has 0 bridgehead atoms. The van der Waals surface area contributed by atoms with Crippen molar-refractivity contribution in [2.45, 2.75) is 13.8 Å². The Kier molecular flexibility index (Phi) is 2.28. The molecule has 1 rings (SSSR count). The van der Waals surface area contributed by atoms with Gasteiger partial charge in [-0.15, -0.1) is 0 Å². The minimum Gasteiger partial charge on any atom is -0.283 e. The van der Waals surface area contributed by atoms with Crippen LogP contribution in [0.5, 0.6) is 0 Å². The molecule has 1 aromatic rings. The van der Waals surface area contributed by atoms with Gasteiger partial charge in [0, 0.05) is 0 Å². The van der Waals surface area contributed by atoms with Gasteiger partial charge in [0.2, 0.25) is 0 Å². The van der Waals surface area contributed by atoms with Crippen LogP contribution in [0.3, 0.4) is 0 Å². The van der Waals surface area contributed by atoms with Crippen LogP contribution in [0.25, 0.3) is 0 Å². The van der Waals surface area contributed by atoms with Crippen LogP contribution in [-0.4, -0.2) is 22.5 Å². The van der Waals surface area contributed by atoms with E-state index in [1.807, 2.05) is 0 Å². The van der Waals surface area contributed by atoms with Crippen LogP contribution in [-0.2, 0) is 9.59 Å². The maximum atomic E-state index is 10.3. The molecule has 0 saturated heterocycles. The van der Waals surface area contributed by atoms with Gasteiger partial charge in [-0.25, -0.2) is 9.97 Å². The number of nitrogens with zero attached hydrogens (tertiary/aromatic N) is 2. The molecule has 1 aromatic heterocycles. The van der Waals surface area contributed by atoms with Crippen LogP contribution in [0.4, 0.5) is 0 Å². The molecule has 0 fully saturated rings. The summed E-state index contributed by atoms with van der Waals surface area (Å²) in [6.45, 7) is 3.18. The fraction of sp³-hybridized carbons (Fsp3) is 0.250. The molecule has 12 heavy (non-hydrogen) atoms. The highest BCUT2D eigenvalue weighted by atomic mass is 16.1. The van der Waals surface area contributed by atoms with Crippen LogP contribution in [0.1, 0.15) is 22.8 Å². The van der Waals surface area contributed by atoms with E-state index < -0.39 is 0 Å². The van der Waals surface area contributed by atoms with Gasteiger partial charge < -0.3 is 0 Å². The number of rotatable bonds is 2. The molecule has 0 aliphatic heterocycles. The van der Waals surface area contributed by atoms with Gasteiger partial charge in [0.05, 0.1) is 11.4 Å². The minimum absolute atomic E-state index is 0.145. The topological polar surface area (TPSA) is 59.9 Å². The second-order valence-electron chi connectivity index (χ2n) is 2.30. The van der Waals surface area contributed by atoms with Crippen molar-refractivity contribution in [2.24, 2.45) is 0 Å². The molecular formula is C8H6N2O2. The maximum Gasteiger partial charge on any atom is 0.255 e. The molecule has 0 spiro atoms. The summed E-state index contributed by atoms with van der Waals surface area (Å²) in [7, 11) is 0. The molecule has 0 aliphatic carbocycles. The van der Waals surface area contributed by atoms with E-state index in [1.54, 1.807) is 26.4 Å². The molecule has 2 radical (unpaired) electrons. The number of hydrogen-bond acceptors (Lipinski definition) is 4. The molecule has 4 heteroatoms. The van der Waals surface area contributed by atoms with E-state index in [9.17, 15) is 9.59 Å². The monoisotopic (exact) mass is 162 g/mol. The second-order valence-corrected chi connectivity index (χ2v) is 2.30. The van der Waals surface area contributed by atoms with E-state index in [1.165, 1.54) is 0 Å². The Hall–Kier alpha value is -1.58. The zero-order valence-electron chi connectivity index (χ0n) is 6.71. The number of aromatic nitrogens is 2. The minimum atomic E-state index is 0.145. The molecule has 0 unspecified atom stereocenters. The molecule has 60 valence electrons. The van der Waals surface area contributed by atoms with E-state index >= 15 is 0 Å². The van der Waals surface area contributed by atoms with Crippen LogP contribution in [0.15, 0.2) is 0 Å². The Morgan fingerprint density at radius 2 is 1.25 bits per heavy atom. The van der Waals surface area contributed by atoms with E-state index in [-0.39, 0.29) is 11.4 Å². The van der Waals surface area contributed by atoms with Gasteiger partial charge >= 0.3 is 0 Å². The third-order valence-corrected chi connectivity index (χ3v) is 1.44. The van der Waals surface area contributed by atoms with E-state index in [0.717, 1.165) is 0 Å². The Morgan fingerprint density at radius 1 is 0.917 bits per heavy atom. The molecule has 4 nitrogen and oxygen atoms in total. The molecule has 0 amide bonds. The van der Waals surface area contributed by atoms with Gasteiger partial charge in [0.15, 0.2) is 0 Å². The second kappa shape index (κ2) is 3.21. The van der Waals surface area contributed by atoms with Crippen molar-refractivity contribution < 1.29 is 9.59 Å². The summed E-state index contributed by atoms with van der Waals surface area (Å²) < 4.78 is 0. The lowest BCUT2D eigenvalue weighted by Crippen LogP contribution is -2.03. The maximum absolute atomic E-state index is 10.3. The summed E-state index contributed by atoms with van der Waals surface area (Å²) in [5.74, 6) is 0. The van der Waals surface area contributed by atoms with Gasteiger partial charge in [0.1, 0.15) is 11.4 Å². The lowest BCUT2D eigenvalue weighted by Gasteiger charge is -1.99. The van der Waals surface area contributed by atoms with Gasteiger partial charge in [0.25, 0.3) is 12.6 Å². The first kappa shape index (κ1) is 8.52. The first-order chi connectivity index (χ1) is 5.69. The van der Waals surface area contributed by atoms with Crippen molar-refractivity contribution in [2.75, 3.05) is 0 Å². The number of hydrogen-bond donors (Lipinski definition) is 0. The summed E-state index contributed by atoms with van der Waals surface area (Å²) in [6, 6.07) is 0. The number of carbonyl (C=O) groups excluding carboxylic acids is 2. The summed E-state index contributed by atoms with van der Waals surface area (Å²) in [6.07, 6.45) is 3.27. The zero-order chi connectivity index (χ0) is 9.14. The standard InChI is InChI=1S/C8H6N2O2/c1-5-7(3-11)10-6(2)8(4-12)9-5/h1-2H3. The van der Waals surface area contributed by atoms with Crippen molar-refractivity contribution in [3.8, 4) is 0 Å². The Morgan fingerprint density at radius 3 is 1.50 bits per heavy atom.